The quantitative estimate of drug-likeness (QED) is 0.719. The average Bonchev–Trinajstić information content (AvgIpc) is 2.98. The summed E-state index contributed by atoms with van der Waals surface area (Å²) in [6.45, 7) is 3.02. The van der Waals surface area contributed by atoms with Gasteiger partial charge >= 0.3 is 0 Å². The zero-order valence-corrected chi connectivity index (χ0v) is 13.5. The highest BCUT2D eigenvalue weighted by atomic mass is 32.1. The number of benzene rings is 2. The molecule has 4 heteroatoms. The van der Waals surface area contributed by atoms with E-state index in [0.29, 0.717) is 5.56 Å². The maximum atomic E-state index is 8.85. The predicted molar refractivity (Wildman–Crippen MR) is 90.7 cm³/mol. The summed E-state index contributed by atoms with van der Waals surface area (Å²) in [6.07, 6.45) is 0. The third kappa shape index (κ3) is 3.01. The van der Waals surface area contributed by atoms with Crippen molar-refractivity contribution in [3.63, 3.8) is 0 Å². The number of para-hydroxylation sites is 1. The maximum Gasteiger partial charge on any atom is 0.111 e. The third-order valence-corrected chi connectivity index (χ3v) is 5.05. The lowest BCUT2D eigenvalue weighted by molar-refractivity contribution is 0.253. The van der Waals surface area contributed by atoms with Crippen molar-refractivity contribution >= 4 is 21.6 Å². The van der Waals surface area contributed by atoms with Crippen LogP contribution in [0.5, 0.6) is 0 Å². The number of hydrogen-bond acceptors (Lipinski definition) is 4. The van der Waals surface area contributed by atoms with Gasteiger partial charge in [0.05, 0.1) is 27.9 Å². The first-order chi connectivity index (χ1) is 10.7. The number of thiazole rings is 1. The lowest BCUT2D eigenvalue weighted by atomic mass is 10.1. The zero-order valence-electron chi connectivity index (χ0n) is 12.7. The minimum atomic E-state index is 0.257. The van der Waals surface area contributed by atoms with Crippen LogP contribution >= 0.6 is 11.3 Å². The van der Waals surface area contributed by atoms with E-state index in [0.717, 1.165) is 17.1 Å². The molecule has 0 N–H and O–H groups in total. The molecule has 0 radical (unpaired) electrons. The van der Waals surface area contributed by atoms with Crippen molar-refractivity contribution < 1.29 is 0 Å². The van der Waals surface area contributed by atoms with Gasteiger partial charge in [0.1, 0.15) is 5.01 Å². The molecular weight excluding hydrogens is 290 g/mol. The summed E-state index contributed by atoms with van der Waals surface area (Å²) in [5.74, 6) is 0. The molecule has 0 unspecified atom stereocenters. The molecular formula is C18H17N3S. The second-order valence-electron chi connectivity index (χ2n) is 5.42. The van der Waals surface area contributed by atoms with Gasteiger partial charge in [0.25, 0.3) is 0 Å². The number of nitrogens with zero attached hydrogens (tertiary/aromatic N) is 3. The summed E-state index contributed by atoms with van der Waals surface area (Å²) >= 11 is 1.75. The van der Waals surface area contributed by atoms with E-state index in [1.54, 1.807) is 11.3 Å². The summed E-state index contributed by atoms with van der Waals surface area (Å²) in [5.41, 5.74) is 2.97. The lowest BCUT2D eigenvalue weighted by Gasteiger charge is -2.22. The molecule has 0 saturated heterocycles. The van der Waals surface area contributed by atoms with Crippen LogP contribution in [0.2, 0.25) is 0 Å². The van der Waals surface area contributed by atoms with Crippen molar-refractivity contribution in [2.45, 2.75) is 19.5 Å². The molecule has 0 fully saturated rings. The van der Waals surface area contributed by atoms with Gasteiger partial charge in [0, 0.05) is 6.54 Å². The van der Waals surface area contributed by atoms with Crippen molar-refractivity contribution in [3.8, 4) is 6.07 Å². The molecule has 1 heterocycles. The Morgan fingerprint density at radius 1 is 1.18 bits per heavy atom. The Morgan fingerprint density at radius 3 is 2.59 bits per heavy atom. The Balaban J connectivity index is 1.75. The van der Waals surface area contributed by atoms with Gasteiger partial charge in [0.15, 0.2) is 0 Å². The molecule has 0 aliphatic heterocycles. The molecule has 0 bridgehead atoms. The molecule has 22 heavy (non-hydrogen) atoms. The van der Waals surface area contributed by atoms with E-state index >= 15 is 0 Å². The van der Waals surface area contributed by atoms with Crippen LogP contribution in [0.15, 0.2) is 48.5 Å². The molecule has 0 amide bonds. The molecule has 0 saturated carbocycles. The van der Waals surface area contributed by atoms with Gasteiger partial charge in [0.2, 0.25) is 0 Å². The van der Waals surface area contributed by atoms with Gasteiger partial charge in [-0.1, -0.05) is 24.3 Å². The smallest absolute Gasteiger partial charge is 0.111 e. The topological polar surface area (TPSA) is 39.9 Å². The van der Waals surface area contributed by atoms with E-state index in [-0.39, 0.29) is 6.04 Å². The fourth-order valence-corrected chi connectivity index (χ4v) is 3.45. The minimum absolute atomic E-state index is 0.257. The Labute approximate surface area is 134 Å². The van der Waals surface area contributed by atoms with Gasteiger partial charge in [-0.25, -0.2) is 4.98 Å². The van der Waals surface area contributed by atoms with Crippen LogP contribution in [-0.2, 0) is 6.54 Å². The van der Waals surface area contributed by atoms with Crippen LogP contribution in [0.4, 0.5) is 0 Å². The van der Waals surface area contributed by atoms with E-state index in [9.17, 15) is 0 Å². The SMILES string of the molecule is C[C@H](c1nc2ccccc2s1)N(C)Cc1ccc(C#N)cc1. The van der Waals surface area contributed by atoms with Gasteiger partial charge in [-0.2, -0.15) is 5.26 Å². The van der Waals surface area contributed by atoms with Crippen molar-refractivity contribution in [2.75, 3.05) is 7.05 Å². The van der Waals surface area contributed by atoms with Crippen LogP contribution in [0.25, 0.3) is 10.2 Å². The molecule has 110 valence electrons. The van der Waals surface area contributed by atoms with Crippen LogP contribution < -0.4 is 0 Å². The first-order valence-electron chi connectivity index (χ1n) is 7.22. The summed E-state index contributed by atoms with van der Waals surface area (Å²) < 4.78 is 1.23. The summed E-state index contributed by atoms with van der Waals surface area (Å²) in [5, 5.41) is 9.99. The second kappa shape index (κ2) is 6.27. The number of rotatable bonds is 4. The molecule has 3 rings (SSSR count). The zero-order chi connectivity index (χ0) is 15.5. The van der Waals surface area contributed by atoms with Gasteiger partial charge in [-0.15, -0.1) is 11.3 Å². The number of hydrogen-bond donors (Lipinski definition) is 0. The highest BCUT2D eigenvalue weighted by Gasteiger charge is 2.16. The number of aromatic nitrogens is 1. The molecule has 2 aromatic carbocycles. The van der Waals surface area contributed by atoms with Crippen molar-refractivity contribution in [3.05, 3.63) is 64.7 Å². The first kappa shape index (κ1) is 14.7. The average molecular weight is 307 g/mol. The maximum absolute atomic E-state index is 8.85. The number of fused-ring (bicyclic) bond motifs is 1. The molecule has 0 aliphatic carbocycles. The van der Waals surface area contributed by atoms with E-state index < -0.39 is 0 Å². The molecule has 0 aliphatic rings. The Kier molecular flexibility index (Phi) is 4.19. The lowest BCUT2D eigenvalue weighted by Crippen LogP contribution is -2.21. The highest BCUT2D eigenvalue weighted by Crippen LogP contribution is 2.29. The van der Waals surface area contributed by atoms with Gasteiger partial charge in [-0.3, -0.25) is 4.90 Å². The van der Waals surface area contributed by atoms with Crippen molar-refractivity contribution in [2.24, 2.45) is 0 Å². The molecule has 3 nitrogen and oxygen atoms in total. The third-order valence-electron chi connectivity index (χ3n) is 3.84. The predicted octanol–water partition coefficient (Wildman–Crippen LogP) is 4.36. The monoisotopic (exact) mass is 307 g/mol. The molecule has 3 aromatic rings. The molecule has 1 aromatic heterocycles. The van der Waals surface area contributed by atoms with E-state index in [1.165, 1.54) is 10.3 Å². The first-order valence-corrected chi connectivity index (χ1v) is 8.04. The Bertz CT molecular complexity index is 781. The summed E-state index contributed by atoms with van der Waals surface area (Å²) in [7, 11) is 2.11. The second-order valence-corrected chi connectivity index (χ2v) is 6.48. The van der Waals surface area contributed by atoms with E-state index in [1.807, 2.05) is 30.3 Å². The normalized spacial score (nSPS) is 12.5. The fraction of sp³-hybridized carbons (Fsp3) is 0.222. The van der Waals surface area contributed by atoms with Gasteiger partial charge in [-0.05, 0) is 43.8 Å². The van der Waals surface area contributed by atoms with Crippen molar-refractivity contribution in [1.82, 2.24) is 9.88 Å². The van der Waals surface area contributed by atoms with E-state index in [2.05, 4.69) is 43.1 Å². The van der Waals surface area contributed by atoms with Crippen LogP contribution in [0, 0.1) is 11.3 Å². The highest BCUT2D eigenvalue weighted by molar-refractivity contribution is 7.18. The molecule has 1 atom stereocenters. The van der Waals surface area contributed by atoms with Crippen LogP contribution in [0.1, 0.15) is 29.1 Å². The molecule has 0 spiro atoms. The Hall–Kier alpha value is -2.22. The largest absolute Gasteiger partial charge is 0.293 e. The van der Waals surface area contributed by atoms with Crippen molar-refractivity contribution in [1.29, 1.82) is 5.26 Å². The Morgan fingerprint density at radius 2 is 1.91 bits per heavy atom. The number of nitriles is 1. The summed E-state index contributed by atoms with van der Waals surface area (Å²) in [6, 6.07) is 18.4. The minimum Gasteiger partial charge on any atom is -0.293 e. The fourth-order valence-electron chi connectivity index (χ4n) is 2.37. The summed E-state index contributed by atoms with van der Waals surface area (Å²) in [4.78, 5) is 7.01. The van der Waals surface area contributed by atoms with E-state index in [4.69, 9.17) is 10.2 Å². The standard InChI is InChI=1S/C18H17N3S/c1-13(18-20-16-5-3-4-6-17(16)22-18)21(2)12-15-9-7-14(11-19)8-10-15/h3-10,13H,12H2,1-2H3/t13-/m1/s1. The van der Waals surface area contributed by atoms with Crippen LogP contribution in [-0.4, -0.2) is 16.9 Å². The van der Waals surface area contributed by atoms with Gasteiger partial charge < -0.3 is 0 Å². The van der Waals surface area contributed by atoms with Crippen LogP contribution in [0.3, 0.4) is 0 Å².